The van der Waals surface area contributed by atoms with Gasteiger partial charge in [-0.25, -0.2) is 0 Å². The first kappa shape index (κ1) is 73.4. The molecule has 0 nitrogen and oxygen atoms in total. The highest BCUT2D eigenvalue weighted by atomic mass is 14.3. The van der Waals surface area contributed by atoms with E-state index >= 15 is 0 Å². The van der Waals surface area contributed by atoms with Gasteiger partial charge in [0.25, 0.3) is 0 Å². The van der Waals surface area contributed by atoms with Gasteiger partial charge in [0.05, 0.1) is 0 Å². The summed E-state index contributed by atoms with van der Waals surface area (Å²) in [5.41, 5.74) is 21.0. The maximum absolute atomic E-state index is 2.26. The molecule has 4 fully saturated rings. The van der Waals surface area contributed by atoms with Gasteiger partial charge in [-0.3, -0.25) is 0 Å². The first-order chi connectivity index (χ1) is 49.2. The van der Waals surface area contributed by atoms with Crippen LogP contribution in [0.1, 0.15) is 218 Å². The van der Waals surface area contributed by atoms with Crippen molar-refractivity contribution in [2.75, 3.05) is 0 Å². The number of hydrogen-bond donors (Lipinski definition) is 0. The second kappa shape index (κ2) is 43.9. The van der Waals surface area contributed by atoms with Crippen LogP contribution in [0.2, 0.25) is 0 Å². The Morgan fingerprint density at radius 1 is 0.232 bits per heavy atom. The molecule has 13 aliphatic rings. The highest BCUT2D eigenvalue weighted by molar-refractivity contribution is 5.82. The summed E-state index contributed by atoms with van der Waals surface area (Å²) in [6.07, 6.45) is 76.8. The van der Waals surface area contributed by atoms with Gasteiger partial charge in [0, 0.05) is 0 Å². The first-order valence-corrected chi connectivity index (χ1v) is 39.1. The fourth-order valence-corrected chi connectivity index (χ4v) is 15.7. The van der Waals surface area contributed by atoms with Crippen molar-refractivity contribution in [2.24, 2.45) is 11.8 Å². The maximum atomic E-state index is 2.26. The topological polar surface area (TPSA) is 0 Å². The number of benzene rings is 8. The van der Waals surface area contributed by atoms with E-state index < -0.39 is 0 Å². The number of fused-ring (bicyclic) bond motifs is 8. The van der Waals surface area contributed by atoms with Gasteiger partial charge in [0.1, 0.15) is 0 Å². The molecule has 0 amide bonds. The summed E-state index contributed by atoms with van der Waals surface area (Å²) in [5, 5.41) is 2.62. The van der Waals surface area contributed by atoms with Gasteiger partial charge in [0.2, 0.25) is 0 Å². The molecule has 0 aliphatic heterocycles. The minimum absolute atomic E-state index is 1.10. The van der Waals surface area contributed by atoms with Gasteiger partial charge in [-0.1, -0.05) is 419 Å². The van der Waals surface area contributed by atoms with Crippen LogP contribution in [-0.2, 0) is 38.5 Å². The van der Waals surface area contributed by atoms with E-state index in [1.54, 1.807) is 53.5 Å². The molecular formula is C99H116. The van der Waals surface area contributed by atoms with Gasteiger partial charge in [0.15, 0.2) is 0 Å². The van der Waals surface area contributed by atoms with Gasteiger partial charge < -0.3 is 0 Å². The molecule has 0 aromatic heterocycles. The van der Waals surface area contributed by atoms with Crippen LogP contribution in [0.4, 0.5) is 0 Å². The lowest BCUT2D eigenvalue weighted by atomic mass is 9.71. The lowest BCUT2D eigenvalue weighted by molar-refractivity contribution is 0.171. The highest BCUT2D eigenvalue weighted by Crippen LogP contribution is 2.40. The molecular weight excluding hydrogens is 1190 g/mol. The molecule has 0 spiro atoms. The minimum Gasteiger partial charge on any atom is -0.0808 e. The van der Waals surface area contributed by atoms with Gasteiger partial charge in [-0.2, -0.15) is 0 Å². The lowest BCUT2D eigenvalue weighted by Gasteiger charge is -2.35. The SMILES string of the molecule is C1=CC2=C(C1)CC=C2.C1=CC2=C(C=CC2)C1.C1=CCC=C1.C1=Cc2ccccc2C1.C1CCC2CCCCC2C1.C1CCCC1.C1CCCCC1.c1ccc2c(c1)CCC2.c1ccc2c(c1)CCCC2.c1ccc2c(c1)Cc1ccccc1-2.c1ccc2ccccc2c1.c1ccccc1. The van der Waals surface area contributed by atoms with E-state index in [0.29, 0.717) is 0 Å². The summed E-state index contributed by atoms with van der Waals surface area (Å²) >= 11 is 0. The Labute approximate surface area is 600 Å². The minimum atomic E-state index is 1.10. The molecule has 99 heavy (non-hydrogen) atoms. The van der Waals surface area contributed by atoms with E-state index in [0.717, 1.165) is 31.1 Å². The third-order valence-corrected chi connectivity index (χ3v) is 21.3. The zero-order chi connectivity index (χ0) is 67.7. The Balaban J connectivity index is 0.000000118. The fourth-order valence-electron chi connectivity index (χ4n) is 15.7. The molecule has 0 saturated heterocycles. The van der Waals surface area contributed by atoms with E-state index in [1.807, 2.05) is 36.4 Å². The van der Waals surface area contributed by atoms with E-state index in [2.05, 4.69) is 255 Å². The average molecular weight is 1310 g/mol. The van der Waals surface area contributed by atoms with Gasteiger partial charge in [-0.15, -0.1) is 0 Å². The number of hydrogen-bond acceptors (Lipinski definition) is 0. The molecule has 512 valence electrons. The van der Waals surface area contributed by atoms with Crippen molar-refractivity contribution in [1.82, 2.24) is 0 Å². The second-order valence-corrected chi connectivity index (χ2v) is 28.5. The molecule has 8 aromatic rings. The first-order valence-electron chi connectivity index (χ1n) is 39.1. The van der Waals surface area contributed by atoms with E-state index in [9.17, 15) is 0 Å². The van der Waals surface area contributed by atoms with Crippen LogP contribution in [-0.4, -0.2) is 0 Å². The zero-order valence-corrected chi connectivity index (χ0v) is 60.2. The maximum Gasteiger partial charge on any atom is -0.00135 e. The van der Waals surface area contributed by atoms with E-state index in [1.165, 1.54) is 228 Å². The Bertz CT molecular complexity index is 3620. The Morgan fingerprint density at radius 3 is 0.939 bits per heavy atom. The van der Waals surface area contributed by atoms with Crippen LogP contribution in [0.5, 0.6) is 0 Å². The summed E-state index contributed by atoms with van der Waals surface area (Å²) in [6.45, 7) is 0. The van der Waals surface area contributed by atoms with Gasteiger partial charge >= 0.3 is 0 Å². The third-order valence-electron chi connectivity index (χ3n) is 21.3. The highest BCUT2D eigenvalue weighted by Gasteiger charge is 2.27. The summed E-state index contributed by atoms with van der Waals surface area (Å²) < 4.78 is 0. The van der Waals surface area contributed by atoms with E-state index in [-0.39, 0.29) is 0 Å². The van der Waals surface area contributed by atoms with Crippen LogP contribution < -0.4 is 0 Å². The van der Waals surface area contributed by atoms with Crippen molar-refractivity contribution in [3.8, 4) is 11.1 Å². The molecule has 0 heteroatoms. The molecule has 0 heterocycles. The third kappa shape index (κ3) is 25.7. The fraction of sp³-hybridized carbons (Fsp3) is 0.354. The Kier molecular flexibility index (Phi) is 32.6. The van der Waals surface area contributed by atoms with Crippen molar-refractivity contribution in [2.45, 2.75) is 212 Å². The predicted molar refractivity (Wildman–Crippen MR) is 432 cm³/mol. The number of rotatable bonds is 0. The zero-order valence-electron chi connectivity index (χ0n) is 60.2. The Morgan fingerprint density at radius 2 is 0.566 bits per heavy atom. The number of aryl methyl sites for hydroxylation is 4. The van der Waals surface area contributed by atoms with Crippen LogP contribution in [0.15, 0.2) is 308 Å². The predicted octanol–water partition coefficient (Wildman–Crippen LogP) is 28.3. The molecule has 0 N–H and O–H groups in total. The van der Waals surface area contributed by atoms with Crippen LogP contribution in [0, 0.1) is 11.8 Å². The average Bonchev–Trinajstić information content (AvgIpc) is 1.66. The van der Waals surface area contributed by atoms with Crippen molar-refractivity contribution >= 4 is 16.8 Å². The monoisotopic (exact) mass is 1300 g/mol. The number of allylic oxidation sites excluding steroid dienone is 17. The molecule has 13 aliphatic carbocycles. The molecule has 21 rings (SSSR count). The molecule has 4 saturated carbocycles. The van der Waals surface area contributed by atoms with Crippen LogP contribution >= 0.6 is 0 Å². The summed E-state index contributed by atoms with van der Waals surface area (Å²) in [4.78, 5) is 0. The molecule has 0 unspecified atom stereocenters. The molecule has 0 bridgehead atoms. The smallest absolute Gasteiger partial charge is 0.00135 e. The van der Waals surface area contributed by atoms with Crippen LogP contribution in [0.3, 0.4) is 0 Å². The quantitative estimate of drug-likeness (QED) is 0.142. The van der Waals surface area contributed by atoms with Crippen LogP contribution in [0.25, 0.3) is 28.0 Å². The molecule has 0 radical (unpaired) electrons. The summed E-state index contributed by atoms with van der Waals surface area (Å²) in [5.74, 6) is 2.31. The standard InChI is InChI=1S/C13H10.C10H18.C10H12.C10H8.C9H10.C9H8.2C8H8.C6H12.C6H6.C5H10.C5H6/c1-3-7-12-10(5-1)9-11-6-2-4-8-13(11)12;3*1-2-6-10-8-4-3-7-9(10)5-1;2*1-2-5-9-7-3-6-8(9)4-1;2*1-3-7-5-2-6-8(7)4-1;2*1-2-4-6-5-3-1;2*1-2-4-5-3-1/h1-8H,9H2;9-10H,1-8H2;1-2,5-6H,3-4,7-8H2;1-8H;1-2,4-5H,3,6-7H2;1-6H,7H2;1-3,6H,4-5H2;1-3,5H,4,6H2;1-6H2;1-6H;1-5H2;1-4H,5H2. The summed E-state index contributed by atoms with van der Waals surface area (Å²) in [6, 6.07) is 72.1. The van der Waals surface area contributed by atoms with Crippen molar-refractivity contribution in [3.63, 3.8) is 0 Å². The van der Waals surface area contributed by atoms with Gasteiger partial charge in [-0.05, 0) is 185 Å². The van der Waals surface area contributed by atoms with E-state index in [4.69, 9.17) is 0 Å². The second-order valence-electron chi connectivity index (χ2n) is 28.5. The lowest BCUT2D eigenvalue weighted by Crippen LogP contribution is -2.22. The molecule has 0 atom stereocenters. The van der Waals surface area contributed by atoms with Crippen molar-refractivity contribution in [1.29, 1.82) is 0 Å². The largest absolute Gasteiger partial charge is 0.0808 e. The summed E-state index contributed by atoms with van der Waals surface area (Å²) in [7, 11) is 0. The molecule has 8 aromatic carbocycles. The normalized spacial score (nSPS) is 18.8. The Hall–Kier alpha value is -8.32. The van der Waals surface area contributed by atoms with Crippen molar-refractivity contribution in [3.05, 3.63) is 352 Å². The van der Waals surface area contributed by atoms with Crippen molar-refractivity contribution < 1.29 is 0 Å².